The van der Waals surface area contributed by atoms with Gasteiger partial charge in [0.1, 0.15) is 10.8 Å². The molecule has 3 aromatic heterocycles. The summed E-state index contributed by atoms with van der Waals surface area (Å²) < 4.78 is 39.8. The van der Waals surface area contributed by atoms with Gasteiger partial charge in [0.15, 0.2) is 5.65 Å². The third kappa shape index (κ3) is 2.33. The smallest absolute Gasteiger partial charge is 0.256 e. The van der Waals surface area contributed by atoms with Crippen LogP contribution in [0.15, 0.2) is 30.5 Å². The van der Waals surface area contributed by atoms with Crippen LogP contribution in [0.1, 0.15) is 11.4 Å². The lowest BCUT2D eigenvalue weighted by Gasteiger charge is -2.07. The lowest BCUT2D eigenvalue weighted by molar-refractivity contribution is -0.141. The Morgan fingerprint density at radius 2 is 2.00 bits per heavy atom. The monoisotopic (exact) mass is 312 g/mol. The highest BCUT2D eigenvalue weighted by molar-refractivity contribution is 6.29. The molecule has 4 nitrogen and oxygen atoms in total. The van der Waals surface area contributed by atoms with Crippen LogP contribution in [0.3, 0.4) is 0 Å². The van der Waals surface area contributed by atoms with E-state index in [9.17, 15) is 13.2 Å². The minimum atomic E-state index is -4.58. The van der Waals surface area contributed by atoms with Crippen molar-refractivity contribution < 1.29 is 13.2 Å². The molecule has 0 unspecified atom stereocenters. The van der Waals surface area contributed by atoms with Gasteiger partial charge in [0, 0.05) is 12.3 Å². The number of aryl methyl sites for hydroxylation is 1. The summed E-state index contributed by atoms with van der Waals surface area (Å²) >= 11 is 5.88. The number of fused-ring (bicyclic) bond motifs is 1. The van der Waals surface area contributed by atoms with Crippen LogP contribution < -0.4 is 0 Å². The Bertz CT molecular complexity index is 812. The van der Waals surface area contributed by atoms with E-state index in [1.807, 2.05) is 0 Å². The van der Waals surface area contributed by atoms with Gasteiger partial charge < -0.3 is 0 Å². The van der Waals surface area contributed by atoms with Gasteiger partial charge in [-0.25, -0.2) is 9.50 Å². The first kappa shape index (κ1) is 13.8. The molecule has 108 valence electrons. The van der Waals surface area contributed by atoms with E-state index in [1.54, 1.807) is 31.3 Å². The first-order valence-corrected chi connectivity index (χ1v) is 6.30. The lowest BCUT2D eigenvalue weighted by Crippen LogP contribution is -2.10. The fourth-order valence-electron chi connectivity index (χ4n) is 2.04. The summed E-state index contributed by atoms with van der Waals surface area (Å²) in [5.74, 6) is 0. The second kappa shape index (κ2) is 4.70. The maximum atomic E-state index is 12.9. The van der Waals surface area contributed by atoms with E-state index in [1.165, 1.54) is 4.52 Å². The van der Waals surface area contributed by atoms with Crippen LogP contribution in [0.25, 0.3) is 16.9 Å². The van der Waals surface area contributed by atoms with E-state index in [0.29, 0.717) is 17.0 Å². The first-order valence-electron chi connectivity index (χ1n) is 5.92. The minimum absolute atomic E-state index is 0.0334. The highest BCUT2D eigenvalue weighted by atomic mass is 35.5. The zero-order valence-corrected chi connectivity index (χ0v) is 11.4. The van der Waals surface area contributed by atoms with Crippen molar-refractivity contribution in [3.63, 3.8) is 0 Å². The Morgan fingerprint density at radius 3 is 2.62 bits per heavy atom. The van der Waals surface area contributed by atoms with E-state index < -0.39 is 11.9 Å². The maximum Gasteiger partial charge on any atom is 0.433 e. The molecule has 0 N–H and O–H groups in total. The van der Waals surface area contributed by atoms with Crippen LogP contribution in [0, 0.1) is 6.92 Å². The Hall–Kier alpha value is -2.15. The number of hydrogen-bond acceptors (Lipinski definition) is 3. The van der Waals surface area contributed by atoms with Crippen molar-refractivity contribution in [1.82, 2.24) is 19.6 Å². The highest BCUT2D eigenvalue weighted by Gasteiger charge is 2.34. The van der Waals surface area contributed by atoms with E-state index in [4.69, 9.17) is 11.6 Å². The molecule has 0 saturated heterocycles. The summed E-state index contributed by atoms with van der Waals surface area (Å²) in [4.78, 5) is 7.79. The first-order chi connectivity index (χ1) is 9.88. The van der Waals surface area contributed by atoms with Gasteiger partial charge >= 0.3 is 6.18 Å². The topological polar surface area (TPSA) is 43.1 Å². The van der Waals surface area contributed by atoms with E-state index in [2.05, 4.69) is 15.1 Å². The van der Waals surface area contributed by atoms with E-state index >= 15 is 0 Å². The molecule has 0 spiro atoms. The standard InChI is InChI=1S/C13H8ClF3N4/c1-7-11(8-4-2-3-5-18-8)12-19-9(13(15,16)17)6-10(14)21(12)20-7/h2-6H,1H3. The van der Waals surface area contributed by atoms with Gasteiger partial charge in [-0.3, -0.25) is 4.98 Å². The Morgan fingerprint density at radius 1 is 1.24 bits per heavy atom. The summed E-state index contributed by atoms with van der Waals surface area (Å²) in [6.45, 7) is 1.67. The zero-order chi connectivity index (χ0) is 15.2. The minimum Gasteiger partial charge on any atom is -0.256 e. The predicted octanol–water partition coefficient (Wildman–Crippen LogP) is 3.77. The van der Waals surface area contributed by atoms with Gasteiger partial charge in [0.05, 0.1) is 17.0 Å². The molecule has 0 fully saturated rings. The maximum absolute atomic E-state index is 12.9. The number of alkyl halides is 3. The number of halogens is 4. The van der Waals surface area contributed by atoms with Crippen LogP contribution in [0.4, 0.5) is 13.2 Å². The second-order valence-electron chi connectivity index (χ2n) is 4.37. The molecular weight excluding hydrogens is 305 g/mol. The quantitative estimate of drug-likeness (QED) is 0.642. The van der Waals surface area contributed by atoms with Crippen molar-refractivity contribution in [2.45, 2.75) is 13.1 Å². The summed E-state index contributed by atoms with van der Waals surface area (Å²) in [7, 11) is 0. The average molecular weight is 313 g/mol. The molecule has 21 heavy (non-hydrogen) atoms. The van der Waals surface area contributed by atoms with Crippen LogP contribution >= 0.6 is 11.6 Å². The SMILES string of the molecule is Cc1nn2c(Cl)cc(C(F)(F)F)nc2c1-c1ccccn1. The number of nitrogens with zero attached hydrogens (tertiary/aromatic N) is 4. The van der Waals surface area contributed by atoms with Gasteiger partial charge in [0.25, 0.3) is 0 Å². The molecule has 0 amide bonds. The highest BCUT2D eigenvalue weighted by Crippen LogP contribution is 2.33. The number of aromatic nitrogens is 4. The molecule has 0 aliphatic carbocycles. The Kier molecular flexibility index (Phi) is 3.09. The van der Waals surface area contributed by atoms with Crippen LogP contribution in [-0.2, 0) is 6.18 Å². The molecule has 0 aromatic carbocycles. The van der Waals surface area contributed by atoms with Gasteiger partial charge in [-0.15, -0.1) is 0 Å². The molecule has 8 heteroatoms. The second-order valence-corrected chi connectivity index (χ2v) is 4.76. The molecule has 3 aromatic rings. The third-order valence-electron chi connectivity index (χ3n) is 2.93. The summed E-state index contributed by atoms with van der Waals surface area (Å²) in [5, 5.41) is 3.97. The van der Waals surface area contributed by atoms with Crippen LogP contribution in [0.2, 0.25) is 5.15 Å². The summed E-state index contributed by atoms with van der Waals surface area (Å²) in [5.41, 5.74) is 0.405. The van der Waals surface area contributed by atoms with Crippen LogP contribution in [0.5, 0.6) is 0 Å². The third-order valence-corrected chi connectivity index (χ3v) is 3.20. The zero-order valence-electron chi connectivity index (χ0n) is 10.7. The average Bonchev–Trinajstić information content (AvgIpc) is 2.75. The van der Waals surface area contributed by atoms with Crippen molar-refractivity contribution in [2.24, 2.45) is 0 Å². The predicted molar refractivity (Wildman–Crippen MR) is 71.0 cm³/mol. The number of rotatable bonds is 1. The van der Waals surface area contributed by atoms with Crippen molar-refractivity contribution in [3.8, 4) is 11.3 Å². The molecule has 3 rings (SSSR count). The van der Waals surface area contributed by atoms with E-state index in [0.717, 1.165) is 6.07 Å². The van der Waals surface area contributed by atoms with Crippen LogP contribution in [-0.4, -0.2) is 19.6 Å². The lowest BCUT2D eigenvalue weighted by atomic mass is 10.1. The van der Waals surface area contributed by atoms with Gasteiger partial charge in [-0.2, -0.15) is 18.3 Å². The number of pyridine rings is 1. The normalized spacial score (nSPS) is 12.0. The summed E-state index contributed by atoms with van der Waals surface area (Å²) in [6.07, 6.45) is -3.03. The fourth-order valence-corrected chi connectivity index (χ4v) is 2.26. The summed E-state index contributed by atoms with van der Waals surface area (Å²) in [6, 6.07) is 5.88. The Balaban J connectivity index is 2.35. The largest absolute Gasteiger partial charge is 0.433 e. The molecule has 0 bridgehead atoms. The van der Waals surface area contributed by atoms with Crippen molar-refractivity contribution in [2.75, 3.05) is 0 Å². The molecule has 3 heterocycles. The van der Waals surface area contributed by atoms with Gasteiger partial charge in [0.2, 0.25) is 0 Å². The Labute approximate surface area is 122 Å². The van der Waals surface area contributed by atoms with E-state index in [-0.39, 0.29) is 10.8 Å². The van der Waals surface area contributed by atoms with Crippen molar-refractivity contribution >= 4 is 17.2 Å². The molecule has 0 saturated carbocycles. The van der Waals surface area contributed by atoms with Crippen molar-refractivity contribution in [3.05, 3.63) is 47.0 Å². The van der Waals surface area contributed by atoms with Gasteiger partial charge in [-0.05, 0) is 19.1 Å². The molecule has 0 atom stereocenters. The van der Waals surface area contributed by atoms with Gasteiger partial charge in [-0.1, -0.05) is 17.7 Å². The molecule has 0 radical (unpaired) electrons. The molecular formula is C13H8ClF3N4. The number of hydrogen-bond donors (Lipinski definition) is 0. The molecule has 0 aliphatic rings. The van der Waals surface area contributed by atoms with Crippen molar-refractivity contribution in [1.29, 1.82) is 0 Å². The fraction of sp³-hybridized carbons (Fsp3) is 0.154. The molecule has 0 aliphatic heterocycles.